The van der Waals surface area contributed by atoms with Crippen LogP contribution in [0.4, 0.5) is 0 Å². The topological polar surface area (TPSA) is 49.8 Å². The predicted molar refractivity (Wildman–Crippen MR) is 96.3 cm³/mol. The minimum Gasteiger partial charge on any atom is -0.497 e. The van der Waals surface area contributed by atoms with Crippen LogP contribution in [-0.2, 0) is 11.3 Å². The third-order valence-corrected chi connectivity index (χ3v) is 5.00. The Morgan fingerprint density at radius 1 is 1.25 bits per heavy atom. The van der Waals surface area contributed by atoms with Crippen LogP contribution < -0.4 is 4.74 Å². The molecular formula is C19H19NO3S. The van der Waals surface area contributed by atoms with E-state index >= 15 is 0 Å². The van der Waals surface area contributed by atoms with Crippen LogP contribution in [0.1, 0.15) is 17.2 Å². The summed E-state index contributed by atoms with van der Waals surface area (Å²) >= 11 is 1.66. The van der Waals surface area contributed by atoms with Crippen molar-refractivity contribution in [2.24, 2.45) is 0 Å². The Morgan fingerprint density at radius 2 is 2.04 bits per heavy atom. The normalized spacial score (nSPS) is 12.1. The van der Waals surface area contributed by atoms with E-state index in [4.69, 9.17) is 4.74 Å². The molecule has 0 aliphatic carbocycles. The first-order valence-corrected chi connectivity index (χ1v) is 8.50. The molecule has 0 spiro atoms. The summed E-state index contributed by atoms with van der Waals surface area (Å²) in [4.78, 5) is 14.1. The van der Waals surface area contributed by atoms with Crippen molar-refractivity contribution in [3.05, 3.63) is 65.0 Å². The van der Waals surface area contributed by atoms with E-state index < -0.39 is 6.10 Å². The third kappa shape index (κ3) is 3.27. The standard InChI is InChI=1S/C19H19NO3S/c1-20(11-14-12-24-17-9-4-3-8-16(14)17)19(22)18(21)13-6-5-7-15(10-13)23-2/h3-10,12,18,21H,11H2,1-2H3. The van der Waals surface area contributed by atoms with Crippen molar-refractivity contribution in [2.45, 2.75) is 12.6 Å². The molecule has 1 N–H and O–H groups in total. The third-order valence-electron chi connectivity index (χ3n) is 3.99. The fourth-order valence-electron chi connectivity index (χ4n) is 2.65. The summed E-state index contributed by atoms with van der Waals surface area (Å²) in [5, 5.41) is 13.6. The number of benzene rings is 2. The molecule has 5 heteroatoms. The molecule has 3 rings (SSSR count). The number of rotatable bonds is 5. The quantitative estimate of drug-likeness (QED) is 0.771. The van der Waals surface area contributed by atoms with Gasteiger partial charge in [-0.15, -0.1) is 11.3 Å². The zero-order valence-electron chi connectivity index (χ0n) is 13.6. The van der Waals surface area contributed by atoms with Crippen LogP contribution in [0.3, 0.4) is 0 Å². The van der Waals surface area contributed by atoms with Gasteiger partial charge in [0.2, 0.25) is 0 Å². The number of amides is 1. The van der Waals surface area contributed by atoms with Crippen molar-refractivity contribution >= 4 is 27.3 Å². The summed E-state index contributed by atoms with van der Waals surface area (Å²) in [5.41, 5.74) is 1.62. The number of ether oxygens (including phenoxy) is 1. The summed E-state index contributed by atoms with van der Waals surface area (Å²) in [6.45, 7) is 0.462. The molecule has 0 saturated carbocycles. The number of aliphatic hydroxyl groups is 1. The molecule has 1 atom stereocenters. The maximum atomic E-state index is 12.5. The van der Waals surface area contributed by atoms with Crippen LogP contribution in [0.25, 0.3) is 10.1 Å². The average molecular weight is 341 g/mol. The van der Waals surface area contributed by atoms with Gasteiger partial charge in [0.1, 0.15) is 5.75 Å². The van der Waals surface area contributed by atoms with Crippen LogP contribution in [0.15, 0.2) is 53.9 Å². The molecule has 0 aliphatic rings. The van der Waals surface area contributed by atoms with E-state index in [1.165, 1.54) is 4.70 Å². The van der Waals surface area contributed by atoms with Gasteiger partial charge in [0.25, 0.3) is 5.91 Å². The van der Waals surface area contributed by atoms with E-state index in [9.17, 15) is 9.90 Å². The zero-order valence-corrected chi connectivity index (χ0v) is 14.4. The lowest BCUT2D eigenvalue weighted by molar-refractivity contribution is -0.139. The summed E-state index contributed by atoms with van der Waals surface area (Å²) in [5.74, 6) is 0.282. The first kappa shape index (κ1) is 16.5. The van der Waals surface area contributed by atoms with Gasteiger partial charge >= 0.3 is 0 Å². The molecule has 1 aromatic heterocycles. The van der Waals surface area contributed by atoms with E-state index in [-0.39, 0.29) is 5.91 Å². The van der Waals surface area contributed by atoms with E-state index in [0.717, 1.165) is 10.9 Å². The molecule has 2 aromatic carbocycles. The van der Waals surface area contributed by atoms with Crippen molar-refractivity contribution in [1.82, 2.24) is 4.90 Å². The molecule has 0 fully saturated rings. The van der Waals surface area contributed by atoms with Crippen LogP contribution in [0, 0.1) is 0 Å². The lowest BCUT2D eigenvalue weighted by Crippen LogP contribution is -2.31. The van der Waals surface area contributed by atoms with Gasteiger partial charge in [0.15, 0.2) is 6.10 Å². The monoisotopic (exact) mass is 341 g/mol. The second kappa shape index (κ2) is 7.03. The minimum absolute atomic E-state index is 0.335. The Kier molecular flexibility index (Phi) is 4.83. The molecule has 1 amide bonds. The molecule has 0 bridgehead atoms. The highest BCUT2D eigenvalue weighted by molar-refractivity contribution is 7.17. The van der Waals surface area contributed by atoms with Crippen LogP contribution in [0.2, 0.25) is 0 Å². The highest BCUT2D eigenvalue weighted by atomic mass is 32.1. The van der Waals surface area contributed by atoms with E-state index in [2.05, 4.69) is 17.5 Å². The molecule has 4 nitrogen and oxygen atoms in total. The molecule has 0 aliphatic heterocycles. The molecule has 0 saturated heterocycles. The molecule has 3 aromatic rings. The highest BCUT2D eigenvalue weighted by Gasteiger charge is 2.22. The van der Waals surface area contributed by atoms with Crippen LogP contribution >= 0.6 is 11.3 Å². The Morgan fingerprint density at radius 3 is 2.83 bits per heavy atom. The number of carbonyl (C=O) groups excluding carboxylic acids is 1. The Balaban J connectivity index is 1.76. The van der Waals surface area contributed by atoms with E-state index in [0.29, 0.717) is 17.9 Å². The van der Waals surface area contributed by atoms with E-state index in [1.54, 1.807) is 54.7 Å². The number of aliphatic hydroxyl groups excluding tert-OH is 1. The second-order valence-electron chi connectivity index (χ2n) is 5.63. The van der Waals surface area contributed by atoms with E-state index in [1.807, 2.05) is 12.1 Å². The lowest BCUT2D eigenvalue weighted by Gasteiger charge is -2.21. The maximum Gasteiger partial charge on any atom is 0.256 e. The summed E-state index contributed by atoms with van der Waals surface area (Å²) < 4.78 is 6.34. The fourth-order valence-corrected chi connectivity index (χ4v) is 3.61. The SMILES string of the molecule is COc1cccc(C(O)C(=O)N(C)Cc2csc3ccccc23)c1. The van der Waals surface area contributed by atoms with Gasteiger partial charge in [-0.3, -0.25) is 4.79 Å². The molecule has 1 heterocycles. The largest absolute Gasteiger partial charge is 0.497 e. The van der Waals surface area contributed by atoms with Gasteiger partial charge < -0.3 is 14.7 Å². The Labute approximate surface area is 144 Å². The number of fused-ring (bicyclic) bond motifs is 1. The smallest absolute Gasteiger partial charge is 0.256 e. The molecule has 24 heavy (non-hydrogen) atoms. The molecule has 0 radical (unpaired) electrons. The number of hydrogen-bond acceptors (Lipinski definition) is 4. The number of thiophene rings is 1. The number of likely N-dealkylation sites (N-methyl/N-ethyl adjacent to an activating group) is 1. The number of methoxy groups -OCH3 is 1. The predicted octanol–water partition coefficient (Wildman–Crippen LogP) is 3.60. The number of nitrogens with zero attached hydrogens (tertiary/aromatic N) is 1. The van der Waals surface area contributed by atoms with Crippen molar-refractivity contribution in [3.63, 3.8) is 0 Å². The van der Waals surface area contributed by atoms with Crippen LogP contribution in [0.5, 0.6) is 5.75 Å². The Bertz CT molecular complexity index is 858. The van der Waals surface area contributed by atoms with Crippen molar-refractivity contribution in [1.29, 1.82) is 0 Å². The number of carbonyl (C=O) groups is 1. The second-order valence-corrected chi connectivity index (χ2v) is 6.54. The van der Waals surface area contributed by atoms with Crippen molar-refractivity contribution in [3.8, 4) is 5.75 Å². The van der Waals surface area contributed by atoms with Gasteiger partial charge in [-0.25, -0.2) is 0 Å². The summed E-state index contributed by atoms with van der Waals surface area (Å²) in [6, 6.07) is 15.1. The van der Waals surface area contributed by atoms with Gasteiger partial charge in [-0.05, 0) is 40.1 Å². The van der Waals surface area contributed by atoms with Crippen molar-refractivity contribution in [2.75, 3.05) is 14.2 Å². The summed E-state index contributed by atoms with van der Waals surface area (Å²) in [7, 11) is 3.26. The first-order chi connectivity index (χ1) is 11.6. The van der Waals surface area contributed by atoms with Gasteiger partial charge in [-0.1, -0.05) is 30.3 Å². The molecular weight excluding hydrogens is 322 g/mol. The fraction of sp³-hybridized carbons (Fsp3) is 0.211. The molecule has 1 unspecified atom stereocenters. The Hall–Kier alpha value is -2.37. The summed E-state index contributed by atoms with van der Waals surface area (Å²) in [6.07, 6.45) is -1.20. The van der Waals surface area contributed by atoms with Crippen molar-refractivity contribution < 1.29 is 14.6 Å². The molecule has 124 valence electrons. The van der Waals surface area contributed by atoms with Gasteiger partial charge in [0, 0.05) is 18.3 Å². The number of hydrogen-bond donors (Lipinski definition) is 1. The average Bonchev–Trinajstić information content (AvgIpc) is 3.03. The van der Waals surface area contributed by atoms with Gasteiger partial charge in [0.05, 0.1) is 7.11 Å². The minimum atomic E-state index is -1.20. The maximum absolute atomic E-state index is 12.5. The zero-order chi connectivity index (χ0) is 17.1. The lowest BCUT2D eigenvalue weighted by atomic mass is 10.1. The highest BCUT2D eigenvalue weighted by Crippen LogP contribution is 2.27. The van der Waals surface area contributed by atoms with Crippen LogP contribution in [-0.4, -0.2) is 30.1 Å². The van der Waals surface area contributed by atoms with Gasteiger partial charge in [-0.2, -0.15) is 0 Å². The first-order valence-electron chi connectivity index (χ1n) is 7.62.